The first-order valence-electron chi connectivity index (χ1n) is 9.62. The largest absolute Gasteiger partial charge is 0.387 e. The molecule has 0 unspecified atom stereocenters. The molecule has 1 atom stereocenters. The molecule has 0 saturated carbocycles. The monoisotopic (exact) mass is 418 g/mol. The molecule has 0 radical (unpaired) electrons. The van der Waals surface area contributed by atoms with Crippen LogP contribution in [0, 0.1) is 12.3 Å². The van der Waals surface area contributed by atoms with Crippen molar-refractivity contribution >= 4 is 39.9 Å². The van der Waals surface area contributed by atoms with Crippen LogP contribution in [0.5, 0.6) is 0 Å². The zero-order valence-electron chi connectivity index (χ0n) is 17.5. The van der Waals surface area contributed by atoms with Crippen molar-refractivity contribution in [3.8, 4) is 0 Å². The number of nitrogens with zero attached hydrogens (tertiary/aromatic N) is 3. The molecule has 2 heterocycles. The Morgan fingerprint density at radius 2 is 2.14 bits per heavy atom. The number of hydrogen-bond acceptors (Lipinski definition) is 5. The van der Waals surface area contributed by atoms with Gasteiger partial charge in [-0.3, -0.25) is 10.1 Å². The molecule has 8 nitrogen and oxygen atoms in total. The van der Waals surface area contributed by atoms with Gasteiger partial charge in [0, 0.05) is 12.0 Å². The topological polar surface area (TPSA) is 127 Å². The predicted molar refractivity (Wildman–Crippen MR) is 119 cm³/mol. The van der Waals surface area contributed by atoms with Crippen LogP contribution in [-0.4, -0.2) is 40.2 Å². The molecule has 2 rings (SSSR count). The first-order chi connectivity index (χ1) is 13.6. The molecular formula is C20H30N6O2S. The quantitative estimate of drug-likeness (QED) is 0.357. The predicted octanol–water partition coefficient (Wildman–Crippen LogP) is 3.25. The van der Waals surface area contributed by atoms with E-state index in [1.54, 1.807) is 12.2 Å². The average Bonchev–Trinajstić information content (AvgIpc) is 3.28. The van der Waals surface area contributed by atoms with Gasteiger partial charge in [0.05, 0.1) is 16.3 Å². The lowest BCUT2D eigenvalue weighted by Crippen LogP contribution is -2.45. The fraction of sp³-hybridized carbons (Fsp3) is 0.500. The summed E-state index contributed by atoms with van der Waals surface area (Å²) in [5.74, 6) is 0.0288. The lowest BCUT2D eigenvalue weighted by Gasteiger charge is -2.22. The number of aryl methyl sites for hydroxylation is 1. The minimum Gasteiger partial charge on any atom is -0.387 e. The van der Waals surface area contributed by atoms with Gasteiger partial charge < -0.3 is 16.4 Å². The molecule has 9 heteroatoms. The van der Waals surface area contributed by atoms with E-state index in [-0.39, 0.29) is 11.4 Å². The maximum absolute atomic E-state index is 12.6. The highest BCUT2D eigenvalue weighted by molar-refractivity contribution is 7.17. The van der Waals surface area contributed by atoms with Crippen molar-refractivity contribution in [3.05, 3.63) is 29.3 Å². The number of primary amides is 1. The first kappa shape index (κ1) is 22.6. The van der Waals surface area contributed by atoms with Crippen LogP contribution in [0.3, 0.4) is 0 Å². The van der Waals surface area contributed by atoms with Gasteiger partial charge >= 0.3 is 6.03 Å². The molecular weight excluding hydrogens is 388 g/mol. The van der Waals surface area contributed by atoms with E-state index in [0.29, 0.717) is 29.6 Å². The number of nitrogens with one attached hydrogen (secondary N) is 1. The maximum atomic E-state index is 12.6. The van der Waals surface area contributed by atoms with E-state index in [1.807, 2.05) is 20.8 Å². The van der Waals surface area contributed by atoms with E-state index in [9.17, 15) is 9.59 Å². The number of anilines is 1. The third kappa shape index (κ3) is 5.23. The minimum atomic E-state index is -0.576. The number of urea groups is 1. The molecule has 0 aromatic carbocycles. The second-order valence-corrected chi connectivity index (χ2v) is 8.64. The summed E-state index contributed by atoms with van der Waals surface area (Å²) in [6, 6.07) is -0.955. The van der Waals surface area contributed by atoms with Crippen molar-refractivity contribution < 1.29 is 9.59 Å². The van der Waals surface area contributed by atoms with Gasteiger partial charge in [0.2, 0.25) is 5.91 Å². The van der Waals surface area contributed by atoms with Crippen LogP contribution < -0.4 is 16.8 Å². The Morgan fingerprint density at radius 1 is 1.45 bits per heavy atom. The Kier molecular flexibility index (Phi) is 7.18. The Morgan fingerprint density at radius 3 is 2.72 bits per heavy atom. The summed E-state index contributed by atoms with van der Waals surface area (Å²) < 4.78 is 0. The third-order valence-corrected chi connectivity index (χ3v) is 6.27. The third-order valence-electron chi connectivity index (χ3n) is 5.18. The van der Waals surface area contributed by atoms with E-state index >= 15 is 0 Å². The highest BCUT2D eigenvalue weighted by Crippen LogP contribution is 2.32. The van der Waals surface area contributed by atoms with E-state index < -0.39 is 11.9 Å². The Hall–Kier alpha value is -2.68. The van der Waals surface area contributed by atoms with E-state index in [2.05, 4.69) is 28.8 Å². The molecule has 1 aromatic rings. The molecule has 1 fully saturated rings. The molecule has 0 aliphatic carbocycles. The molecule has 1 aliphatic rings. The summed E-state index contributed by atoms with van der Waals surface area (Å²) >= 11 is 1.30. The SMILES string of the molecule is C=C/C=C(\N=C(N)C(C)(C)CC)c1sc(NC(=O)N2CCC[C@H]2C(N)=O)nc1C. The fourth-order valence-corrected chi connectivity index (χ4v) is 3.82. The second kappa shape index (κ2) is 9.21. The number of rotatable bonds is 7. The van der Waals surface area contributed by atoms with E-state index in [0.717, 1.165) is 23.4 Å². The Bertz CT molecular complexity index is 855. The number of nitrogens with two attached hydrogens (primary N) is 2. The minimum absolute atomic E-state index is 0.241. The first-order valence-corrected chi connectivity index (χ1v) is 10.4. The van der Waals surface area contributed by atoms with Crippen molar-refractivity contribution in [2.75, 3.05) is 11.9 Å². The maximum Gasteiger partial charge on any atom is 0.324 e. The average molecular weight is 419 g/mol. The number of aromatic nitrogens is 1. The van der Waals surface area contributed by atoms with Gasteiger partial charge in [-0.1, -0.05) is 44.8 Å². The van der Waals surface area contributed by atoms with Gasteiger partial charge in [-0.05, 0) is 32.3 Å². The smallest absolute Gasteiger partial charge is 0.324 e. The summed E-state index contributed by atoms with van der Waals surface area (Å²) in [6.07, 6.45) is 5.59. The summed E-state index contributed by atoms with van der Waals surface area (Å²) in [5.41, 5.74) is 12.8. The van der Waals surface area contributed by atoms with Gasteiger partial charge in [0.25, 0.3) is 0 Å². The normalized spacial score (nSPS) is 18.1. The Labute approximate surface area is 175 Å². The number of likely N-dealkylation sites (tertiary alicyclic amines) is 1. The molecule has 158 valence electrons. The van der Waals surface area contributed by atoms with Crippen LogP contribution in [0.25, 0.3) is 5.70 Å². The van der Waals surface area contributed by atoms with Gasteiger partial charge in [0.15, 0.2) is 5.13 Å². The zero-order valence-corrected chi connectivity index (χ0v) is 18.3. The molecule has 0 spiro atoms. The number of carbonyl (C=O) groups is 2. The van der Waals surface area contributed by atoms with Crippen LogP contribution in [-0.2, 0) is 4.79 Å². The highest BCUT2D eigenvalue weighted by atomic mass is 32.1. The zero-order chi connectivity index (χ0) is 21.8. The van der Waals surface area contributed by atoms with Crippen LogP contribution in [0.1, 0.15) is 50.6 Å². The second-order valence-electron chi connectivity index (χ2n) is 7.64. The van der Waals surface area contributed by atoms with Crippen molar-refractivity contribution in [2.45, 2.75) is 53.0 Å². The van der Waals surface area contributed by atoms with Crippen molar-refractivity contribution in [3.63, 3.8) is 0 Å². The number of aliphatic imine (C=N–C) groups is 1. The highest BCUT2D eigenvalue weighted by Gasteiger charge is 2.33. The van der Waals surface area contributed by atoms with Gasteiger partial charge in [-0.15, -0.1) is 0 Å². The van der Waals surface area contributed by atoms with Gasteiger partial charge in [-0.25, -0.2) is 14.8 Å². The fourth-order valence-electron chi connectivity index (χ4n) is 2.89. The summed E-state index contributed by atoms with van der Waals surface area (Å²) in [5, 5.41) is 3.20. The molecule has 1 saturated heterocycles. The number of hydrogen-bond donors (Lipinski definition) is 3. The van der Waals surface area contributed by atoms with Crippen molar-refractivity contribution in [1.82, 2.24) is 9.88 Å². The molecule has 29 heavy (non-hydrogen) atoms. The lowest BCUT2D eigenvalue weighted by molar-refractivity contribution is -0.121. The van der Waals surface area contributed by atoms with Gasteiger partial charge in [-0.2, -0.15) is 0 Å². The summed E-state index contributed by atoms with van der Waals surface area (Å²) in [4.78, 5) is 35.4. The Balaban J connectivity index is 2.27. The number of amidine groups is 1. The molecule has 1 aromatic heterocycles. The molecule has 1 aliphatic heterocycles. The number of thiazole rings is 1. The molecule has 3 amide bonds. The number of carbonyl (C=O) groups excluding carboxylic acids is 2. The van der Waals surface area contributed by atoms with Crippen molar-refractivity contribution in [2.24, 2.45) is 21.9 Å². The number of amides is 3. The van der Waals surface area contributed by atoms with Crippen LogP contribution in [0.4, 0.5) is 9.93 Å². The summed E-state index contributed by atoms with van der Waals surface area (Å²) in [6.45, 7) is 12.2. The van der Waals surface area contributed by atoms with Crippen LogP contribution >= 0.6 is 11.3 Å². The van der Waals surface area contributed by atoms with E-state index in [1.165, 1.54) is 16.2 Å². The number of allylic oxidation sites excluding steroid dienone is 2. The lowest BCUT2D eigenvalue weighted by atomic mass is 9.89. The van der Waals surface area contributed by atoms with E-state index in [4.69, 9.17) is 11.5 Å². The van der Waals surface area contributed by atoms with Crippen LogP contribution in [0.15, 0.2) is 23.7 Å². The van der Waals surface area contributed by atoms with Crippen LogP contribution in [0.2, 0.25) is 0 Å². The molecule has 5 N–H and O–H groups in total. The standard InChI is InChI=1S/C20H30N6O2S/c1-6-9-13(24-17(22)20(4,5)7-2)15-12(3)23-18(29-15)25-19(28)26-11-8-10-14(26)16(21)27/h6,9,14H,1,7-8,10-11H2,2-5H3,(H2,21,27)(H2,22,24)(H,23,25,28)/b13-9-/t14-/m0/s1. The molecule has 0 bridgehead atoms. The summed E-state index contributed by atoms with van der Waals surface area (Å²) in [7, 11) is 0. The van der Waals surface area contributed by atoms with Gasteiger partial charge in [0.1, 0.15) is 11.9 Å². The van der Waals surface area contributed by atoms with Crippen molar-refractivity contribution in [1.29, 1.82) is 0 Å².